The molecule has 0 heterocycles. The van der Waals surface area contributed by atoms with E-state index < -0.39 is 0 Å². The molecular formula is C14H18BrNO2. The van der Waals surface area contributed by atoms with E-state index in [-0.39, 0.29) is 5.91 Å². The molecule has 1 N–H and O–H groups in total. The van der Waals surface area contributed by atoms with Crippen molar-refractivity contribution in [3.8, 4) is 5.75 Å². The van der Waals surface area contributed by atoms with Gasteiger partial charge in [-0.25, -0.2) is 0 Å². The zero-order valence-electron chi connectivity index (χ0n) is 10.7. The van der Waals surface area contributed by atoms with E-state index in [9.17, 15) is 4.79 Å². The van der Waals surface area contributed by atoms with Gasteiger partial charge in [-0.3, -0.25) is 4.79 Å². The second-order valence-electron chi connectivity index (χ2n) is 4.72. The topological polar surface area (TPSA) is 38.3 Å². The van der Waals surface area contributed by atoms with E-state index in [0.717, 1.165) is 10.2 Å². The molecule has 1 fully saturated rings. The lowest BCUT2D eigenvalue weighted by Crippen LogP contribution is -2.21. The SMILES string of the molecule is CNC(=O)CC(c1ccc(OC)c(Br)c1)C1CC1. The van der Waals surface area contributed by atoms with Crippen molar-refractivity contribution in [3.63, 3.8) is 0 Å². The Morgan fingerprint density at radius 3 is 2.78 bits per heavy atom. The molecule has 0 radical (unpaired) electrons. The molecule has 1 amide bonds. The molecule has 0 bridgehead atoms. The van der Waals surface area contributed by atoms with Crippen molar-refractivity contribution in [1.29, 1.82) is 0 Å². The molecule has 4 heteroatoms. The van der Waals surface area contributed by atoms with E-state index in [1.807, 2.05) is 6.07 Å². The highest BCUT2D eigenvalue weighted by Crippen LogP contribution is 2.45. The number of rotatable bonds is 5. The summed E-state index contributed by atoms with van der Waals surface area (Å²) >= 11 is 3.50. The zero-order chi connectivity index (χ0) is 13.1. The number of ether oxygens (including phenoxy) is 1. The van der Waals surface area contributed by atoms with Crippen molar-refractivity contribution < 1.29 is 9.53 Å². The van der Waals surface area contributed by atoms with Crippen molar-refractivity contribution in [1.82, 2.24) is 5.32 Å². The van der Waals surface area contributed by atoms with Gasteiger partial charge in [0, 0.05) is 13.5 Å². The predicted molar refractivity (Wildman–Crippen MR) is 74.8 cm³/mol. The summed E-state index contributed by atoms with van der Waals surface area (Å²) in [5.41, 5.74) is 1.22. The van der Waals surface area contributed by atoms with E-state index in [2.05, 4.69) is 33.4 Å². The summed E-state index contributed by atoms with van der Waals surface area (Å²) in [5, 5.41) is 2.71. The fraction of sp³-hybridized carbons (Fsp3) is 0.500. The number of hydrogen-bond donors (Lipinski definition) is 1. The van der Waals surface area contributed by atoms with Gasteiger partial charge in [0.2, 0.25) is 5.91 Å². The molecule has 1 aromatic carbocycles. The first kappa shape index (κ1) is 13.4. The Morgan fingerprint density at radius 1 is 1.56 bits per heavy atom. The monoisotopic (exact) mass is 311 g/mol. The first-order valence-corrected chi connectivity index (χ1v) is 6.99. The molecule has 0 aliphatic heterocycles. The van der Waals surface area contributed by atoms with Crippen molar-refractivity contribution >= 4 is 21.8 Å². The van der Waals surface area contributed by atoms with Crippen LogP contribution in [0.25, 0.3) is 0 Å². The molecule has 2 rings (SSSR count). The van der Waals surface area contributed by atoms with Crippen LogP contribution >= 0.6 is 15.9 Å². The van der Waals surface area contributed by atoms with Gasteiger partial charge in [-0.2, -0.15) is 0 Å². The Kier molecular flexibility index (Phi) is 4.27. The minimum absolute atomic E-state index is 0.110. The summed E-state index contributed by atoms with van der Waals surface area (Å²) in [4.78, 5) is 11.6. The van der Waals surface area contributed by atoms with E-state index in [1.54, 1.807) is 14.2 Å². The standard InChI is InChI=1S/C14H18BrNO2/c1-16-14(17)8-11(9-3-4-9)10-5-6-13(18-2)12(15)7-10/h5-7,9,11H,3-4,8H2,1-2H3,(H,16,17). The Hall–Kier alpha value is -1.03. The molecule has 3 nitrogen and oxygen atoms in total. The summed E-state index contributed by atoms with van der Waals surface area (Å²) in [7, 11) is 3.35. The number of carbonyl (C=O) groups excluding carboxylic acids is 1. The van der Waals surface area contributed by atoms with E-state index in [4.69, 9.17) is 4.74 Å². The molecule has 98 valence electrons. The summed E-state index contributed by atoms with van der Waals surface area (Å²) in [6.45, 7) is 0. The number of hydrogen-bond acceptors (Lipinski definition) is 2. The summed E-state index contributed by atoms with van der Waals surface area (Å²) in [5.74, 6) is 1.92. The Labute approximate surface area is 116 Å². The maximum Gasteiger partial charge on any atom is 0.220 e. The fourth-order valence-electron chi connectivity index (χ4n) is 2.27. The minimum Gasteiger partial charge on any atom is -0.496 e. The van der Waals surface area contributed by atoms with Gasteiger partial charge < -0.3 is 10.1 Å². The van der Waals surface area contributed by atoms with Gasteiger partial charge in [0.15, 0.2) is 0 Å². The van der Waals surface area contributed by atoms with Gasteiger partial charge in [-0.05, 0) is 58.3 Å². The van der Waals surface area contributed by atoms with Gasteiger partial charge in [-0.1, -0.05) is 6.07 Å². The van der Waals surface area contributed by atoms with Crippen LogP contribution in [-0.2, 0) is 4.79 Å². The Balaban J connectivity index is 2.20. The highest BCUT2D eigenvalue weighted by molar-refractivity contribution is 9.10. The third-order valence-corrected chi connectivity index (χ3v) is 4.10. The number of methoxy groups -OCH3 is 1. The van der Waals surface area contributed by atoms with Gasteiger partial charge in [-0.15, -0.1) is 0 Å². The molecule has 1 atom stereocenters. The second-order valence-corrected chi connectivity index (χ2v) is 5.57. The number of carbonyl (C=O) groups is 1. The van der Waals surface area contributed by atoms with Crippen LogP contribution in [0.5, 0.6) is 5.75 Å². The highest BCUT2D eigenvalue weighted by Gasteiger charge is 2.33. The normalized spacial score (nSPS) is 16.2. The first-order chi connectivity index (χ1) is 8.65. The van der Waals surface area contributed by atoms with Gasteiger partial charge >= 0.3 is 0 Å². The molecule has 1 saturated carbocycles. The van der Waals surface area contributed by atoms with Crippen LogP contribution in [0.4, 0.5) is 0 Å². The zero-order valence-corrected chi connectivity index (χ0v) is 12.3. The maximum atomic E-state index is 11.6. The lowest BCUT2D eigenvalue weighted by molar-refractivity contribution is -0.121. The molecule has 0 spiro atoms. The van der Waals surface area contributed by atoms with Crippen molar-refractivity contribution in [2.24, 2.45) is 5.92 Å². The molecule has 1 unspecified atom stereocenters. The van der Waals surface area contributed by atoms with Crippen LogP contribution in [-0.4, -0.2) is 20.1 Å². The fourth-order valence-corrected chi connectivity index (χ4v) is 2.83. The molecule has 1 aliphatic carbocycles. The molecule has 0 saturated heterocycles. The van der Waals surface area contributed by atoms with Gasteiger partial charge in [0.05, 0.1) is 11.6 Å². The second kappa shape index (κ2) is 5.74. The quantitative estimate of drug-likeness (QED) is 0.907. The number of amides is 1. The van der Waals surface area contributed by atoms with Crippen LogP contribution in [0.15, 0.2) is 22.7 Å². The maximum absolute atomic E-state index is 11.6. The van der Waals surface area contributed by atoms with Crippen LogP contribution in [0, 0.1) is 5.92 Å². The molecule has 18 heavy (non-hydrogen) atoms. The van der Waals surface area contributed by atoms with Gasteiger partial charge in [0.1, 0.15) is 5.75 Å². The number of nitrogens with one attached hydrogen (secondary N) is 1. The summed E-state index contributed by atoms with van der Waals surface area (Å²) in [6, 6.07) is 6.10. The number of benzene rings is 1. The van der Waals surface area contributed by atoms with Crippen molar-refractivity contribution in [3.05, 3.63) is 28.2 Å². The van der Waals surface area contributed by atoms with Crippen LogP contribution in [0.2, 0.25) is 0 Å². The number of halogens is 1. The minimum atomic E-state index is 0.110. The van der Waals surface area contributed by atoms with E-state index in [0.29, 0.717) is 18.3 Å². The third kappa shape index (κ3) is 3.05. The van der Waals surface area contributed by atoms with E-state index in [1.165, 1.54) is 18.4 Å². The lowest BCUT2D eigenvalue weighted by Gasteiger charge is -2.17. The highest BCUT2D eigenvalue weighted by atomic mass is 79.9. The largest absolute Gasteiger partial charge is 0.496 e. The average molecular weight is 312 g/mol. The van der Waals surface area contributed by atoms with Crippen molar-refractivity contribution in [2.45, 2.75) is 25.2 Å². The van der Waals surface area contributed by atoms with Crippen LogP contribution in [0.3, 0.4) is 0 Å². The lowest BCUT2D eigenvalue weighted by atomic mass is 9.90. The Morgan fingerprint density at radius 2 is 2.28 bits per heavy atom. The van der Waals surface area contributed by atoms with Gasteiger partial charge in [0.25, 0.3) is 0 Å². The van der Waals surface area contributed by atoms with Crippen molar-refractivity contribution in [2.75, 3.05) is 14.2 Å². The Bertz CT molecular complexity index is 443. The summed E-state index contributed by atoms with van der Waals surface area (Å²) < 4.78 is 6.18. The molecule has 1 aromatic rings. The molecule has 1 aliphatic rings. The smallest absolute Gasteiger partial charge is 0.220 e. The molecular weight excluding hydrogens is 294 g/mol. The third-order valence-electron chi connectivity index (χ3n) is 3.48. The molecule has 0 aromatic heterocycles. The van der Waals surface area contributed by atoms with Crippen LogP contribution in [0.1, 0.15) is 30.7 Å². The summed E-state index contributed by atoms with van der Waals surface area (Å²) in [6.07, 6.45) is 3.02. The predicted octanol–water partition coefficient (Wildman–Crippen LogP) is 3.09. The van der Waals surface area contributed by atoms with Crippen LogP contribution < -0.4 is 10.1 Å². The average Bonchev–Trinajstić information content (AvgIpc) is 3.19. The first-order valence-electron chi connectivity index (χ1n) is 6.19. The van der Waals surface area contributed by atoms with E-state index >= 15 is 0 Å².